The van der Waals surface area contributed by atoms with Crippen LogP contribution in [0.2, 0.25) is 10.0 Å². The normalized spacial score (nSPS) is 11.5. The molecule has 0 atom stereocenters. The van der Waals surface area contributed by atoms with Crippen LogP contribution in [-0.2, 0) is 15.1 Å². The lowest BCUT2D eigenvalue weighted by Gasteiger charge is -2.34. The Hall–Kier alpha value is -0.810. The van der Waals surface area contributed by atoms with Crippen molar-refractivity contribution in [3.8, 4) is 0 Å². The summed E-state index contributed by atoms with van der Waals surface area (Å²) in [6.45, 7) is 5.57. The molecule has 22 heavy (non-hydrogen) atoms. The molecule has 6 heteroatoms. The van der Waals surface area contributed by atoms with Gasteiger partial charge in [0, 0.05) is 13.7 Å². The summed E-state index contributed by atoms with van der Waals surface area (Å²) < 4.78 is 4.94. The molecule has 0 heterocycles. The molecular formula is C16H24Cl2N2O2. The molecule has 0 fully saturated rings. The zero-order valence-corrected chi connectivity index (χ0v) is 14.9. The summed E-state index contributed by atoms with van der Waals surface area (Å²) in [4.78, 5) is 12.2. The molecule has 0 aliphatic rings. The van der Waals surface area contributed by atoms with Gasteiger partial charge in [0.15, 0.2) is 0 Å². The van der Waals surface area contributed by atoms with Crippen LogP contribution in [0, 0.1) is 0 Å². The molecule has 1 rings (SSSR count). The Morgan fingerprint density at radius 1 is 1.23 bits per heavy atom. The average Bonchev–Trinajstić information content (AvgIpc) is 2.52. The fourth-order valence-electron chi connectivity index (χ4n) is 2.39. The third kappa shape index (κ3) is 5.13. The zero-order valence-electron chi connectivity index (χ0n) is 13.3. The lowest BCUT2D eigenvalue weighted by Crippen LogP contribution is -2.48. The summed E-state index contributed by atoms with van der Waals surface area (Å²) in [5.74, 6) is -0.0501. The van der Waals surface area contributed by atoms with E-state index in [1.807, 2.05) is 26.0 Å². The zero-order chi connectivity index (χ0) is 16.6. The van der Waals surface area contributed by atoms with Gasteiger partial charge in [-0.05, 0) is 30.5 Å². The highest BCUT2D eigenvalue weighted by atomic mass is 35.5. The Balaban J connectivity index is 2.82. The van der Waals surface area contributed by atoms with Crippen LogP contribution < -0.4 is 10.6 Å². The van der Waals surface area contributed by atoms with E-state index in [0.717, 1.165) is 18.4 Å². The highest BCUT2D eigenvalue weighted by Gasteiger charge is 2.30. The van der Waals surface area contributed by atoms with E-state index in [9.17, 15) is 4.79 Å². The standard InChI is InChI=1S/C16H24Cl2N2O2/c1-4-16(5-2,12-6-7-13(17)14(18)10-12)20-15(21)11-19-8-9-22-3/h6-7,10,19H,4-5,8-9,11H2,1-3H3,(H,20,21). The van der Waals surface area contributed by atoms with E-state index in [2.05, 4.69) is 10.6 Å². The Kier molecular flexibility index (Phi) is 8.18. The van der Waals surface area contributed by atoms with Gasteiger partial charge in [-0.15, -0.1) is 0 Å². The Bertz CT molecular complexity index is 491. The third-order valence-corrected chi connectivity index (χ3v) is 4.57. The van der Waals surface area contributed by atoms with Crippen LogP contribution in [0.4, 0.5) is 0 Å². The lowest BCUT2D eigenvalue weighted by molar-refractivity contribution is -0.122. The Morgan fingerprint density at radius 3 is 2.45 bits per heavy atom. The van der Waals surface area contributed by atoms with Gasteiger partial charge >= 0.3 is 0 Å². The quantitative estimate of drug-likeness (QED) is 0.674. The Morgan fingerprint density at radius 2 is 1.91 bits per heavy atom. The maximum Gasteiger partial charge on any atom is 0.234 e. The maximum absolute atomic E-state index is 12.2. The van der Waals surface area contributed by atoms with Gasteiger partial charge in [0.2, 0.25) is 5.91 Å². The molecule has 0 aliphatic carbocycles. The topological polar surface area (TPSA) is 50.4 Å². The number of methoxy groups -OCH3 is 1. The monoisotopic (exact) mass is 346 g/mol. The maximum atomic E-state index is 12.2. The fraction of sp³-hybridized carbons (Fsp3) is 0.562. The molecule has 0 saturated heterocycles. The van der Waals surface area contributed by atoms with Gasteiger partial charge in [-0.25, -0.2) is 0 Å². The van der Waals surface area contributed by atoms with Gasteiger partial charge in [-0.3, -0.25) is 4.79 Å². The van der Waals surface area contributed by atoms with E-state index in [1.54, 1.807) is 13.2 Å². The minimum atomic E-state index is -0.436. The highest BCUT2D eigenvalue weighted by molar-refractivity contribution is 6.42. The van der Waals surface area contributed by atoms with Crippen LogP contribution in [0.5, 0.6) is 0 Å². The first kappa shape index (κ1) is 19.2. The molecule has 2 N–H and O–H groups in total. The molecule has 1 amide bonds. The van der Waals surface area contributed by atoms with Gasteiger partial charge in [-0.1, -0.05) is 43.1 Å². The number of amides is 1. The second-order valence-electron chi connectivity index (χ2n) is 5.14. The van der Waals surface area contributed by atoms with Crippen LogP contribution in [0.25, 0.3) is 0 Å². The van der Waals surface area contributed by atoms with E-state index < -0.39 is 5.54 Å². The van der Waals surface area contributed by atoms with Crippen molar-refractivity contribution in [1.29, 1.82) is 0 Å². The average molecular weight is 347 g/mol. The van der Waals surface area contributed by atoms with Crippen LogP contribution in [-0.4, -0.2) is 32.7 Å². The van der Waals surface area contributed by atoms with Crippen molar-refractivity contribution in [1.82, 2.24) is 10.6 Å². The van der Waals surface area contributed by atoms with Gasteiger partial charge < -0.3 is 15.4 Å². The second-order valence-corrected chi connectivity index (χ2v) is 5.95. The summed E-state index contributed by atoms with van der Waals surface area (Å²) >= 11 is 12.1. The number of hydrogen-bond acceptors (Lipinski definition) is 3. The number of nitrogens with one attached hydrogen (secondary N) is 2. The molecule has 0 aliphatic heterocycles. The summed E-state index contributed by atoms with van der Waals surface area (Å²) in [7, 11) is 1.63. The van der Waals surface area contributed by atoms with Crippen LogP contribution in [0.1, 0.15) is 32.3 Å². The van der Waals surface area contributed by atoms with Crippen molar-refractivity contribution in [3.63, 3.8) is 0 Å². The van der Waals surface area contributed by atoms with Gasteiger partial charge in [0.05, 0.1) is 28.7 Å². The summed E-state index contributed by atoms with van der Waals surface area (Å²) in [6.07, 6.45) is 1.54. The van der Waals surface area contributed by atoms with Crippen molar-refractivity contribution < 1.29 is 9.53 Å². The van der Waals surface area contributed by atoms with E-state index >= 15 is 0 Å². The number of rotatable bonds is 9. The SMILES string of the molecule is CCC(CC)(NC(=O)CNCCOC)c1ccc(Cl)c(Cl)c1. The first-order valence-corrected chi connectivity index (χ1v) is 8.20. The predicted molar refractivity (Wildman–Crippen MR) is 91.6 cm³/mol. The van der Waals surface area contributed by atoms with E-state index in [0.29, 0.717) is 23.2 Å². The first-order valence-electron chi connectivity index (χ1n) is 7.45. The second kappa shape index (κ2) is 9.36. The van der Waals surface area contributed by atoms with Gasteiger partial charge in [-0.2, -0.15) is 0 Å². The smallest absolute Gasteiger partial charge is 0.234 e. The van der Waals surface area contributed by atoms with Crippen molar-refractivity contribution in [2.45, 2.75) is 32.2 Å². The number of hydrogen-bond donors (Lipinski definition) is 2. The Labute approximate surface area is 142 Å². The minimum absolute atomic E-state index is 0.0501. The summed E-state index contributed by atoms with van der Waals surface area (Å²) in [5, 5.41) is 7.18. The third-order valence-electron chi connectivity index (χ3n) is 3.83. The van der Waals surface area contributed by atoms with E-state index in [4.69, 9.17) is 27.9 Å². The van der Waals surface area contributed by atoms with Crippen molar-refractivity contribution in [2.75, 3.05) is 26.8 Å². The number of carbonyl (C=O) groups excluding carboxylic acids is 1. The summed E-state index contributed by atoms with van der Waals surface area (Å²) in [6, 6.07) is 5.51. The fourth-order valence-corrected chi connectivity index (χ4v) is 2.69. The van der Waals surface area contributed by atoms with Crippen molar-refractivity contribution >= 4 is 29.1 Å². The van der Waals surface area contributed by atoms with Gasteiger partial charge in [0.1, 0.15) is 0 Å². The molecule has 0 saturated carbocycles. The van der Waals surface area contributed by atoms with Crippen LogP contribution in [0.3, 0.4) is 0 Å². The molecule has 1 aromatic carbocycles. The predicted octanol–water partition coefficient (Wildman–Crippen LogP) is 3.36. The molecule has 124 valence electrons. The molecular weight excluding hydrogens is 323 g/mol. The first-order chi connectivity index (χ1) is 10.5. The number of carbonyl (C=O) groups is 1. The number of halogens is 2. The van der Waals surface area contributed by atoms with Crippen LogP contribution >= 0.6 is 23.2 Å². The molecule has 0 radical (unpaired) electrons. The minimum Gasteiger partial charge on any atom is -0.383 e. The van der Waals surface area contributed by atoms with Crippen LogP contribution in [0.15, 0.2) is 18.2 Å². The van der Waals surface area contributed by atoms with E-state index in [-0.39, 0.29) is 12.5 Å². The molecule has 0 bridgehead atoms. The molecule has 1 aromatic rings. The van der Waals surface area contributed by atoms with Crippen molar-refractivity contribution in [2.24, 2.45) is 0 Å². The summed E-state index contributed by atoms with van der Waals surface area (Å²) in [5.41, 5.74) is 0.533. The van der Waals surface area contributed by atoms with Gasteiger partial charge in [0.25, 0.3) is 0 Å². The molecule has 0 unspecified atom stereocenters. The number of benzene rings is 1. The highest BCUT2D eigenvalue weighted by Crippen LogP contribution is 2.33. The molecule has 0 aromatic heterocycles. The lowest BCUT2D eigenvalue weighted by atomic mass is 9.84. The van der Waals surface area contributed by atoms with Crippen molar-refractivity contribution in [3.05, 3.63) is 33.8 Å². The molecule has 4 nitrogen and oxygen atoms in total. The molecule has 0 spiro atoms. The van der Waals surface area contributed by atoms with E-state index in [1.165, 1.54) is 0 Å². The number of ether oxygens (including phenoxy) is 1. The largest absolute Gasteiger partial charge is 0.383 e.